The molecule has 0 bridgehead atoms. The second-order valence-corrected chi connectivity index (χ2v) is 7.56. The third-order valence-electron chi connectivity index (χ3n) is 6.14. The Morgan fingerprint density at radius 3 is 2.77 bits per heavy atom. The van der Waals surface area contributed by atoms with Gasteiger partial charge in [0.25, 0.3) is 0 Å². The largest absolute Gasteiger partial charge is 0.347 e. The third kappa shape index (κ3) is 2.05. The van der Waals surface area contributed by atoms with E-state index < -0.39 is 5.79 Å². The van der Waals surface area contributed by atoms with Gasteiger partial charge in [-0.25, -0.2) is 0 Å². The lowest BCUT2D eigenvalue weighted by Gasteiger charge is -2.42. The van der Waals surface area contributed by atoms with Crippen molar-refractivity contribution < 1.29 is 14.3 Å². The van der Waals surface area contributed by atoms with Crippen molar-refractivity contribution in [1.29, 1.82) is 0 Å². The highest BCUT2D eigenvalue weighted by molar-refractivity contribution is 5.98. The first-order valence-corrected chi connectivity index (χ1v) is 8.83. The lowest BCUT2D eigenvalue weighted by atomic mass is 9.68. The van der Waals surface area contributed by atoms with Crippen LogP contribution >= 0.6 is 0 Å². The van der Waals surface area contributed by atoms with Crippen LogP contribution in [0, 0.1) is 23.7 Å². The average Bonchev–Trinajstić information content (AvgIpc) is 3.08. The van der Waals surface area contributed by atoms with Gasteiger partial charge in [-0.3, -0.25) is 4.79 Å². The highest BCUT2D eigenvalue weighted by Crippen LogP contribution is 2.53. The van der Waals surface area contributed by atoms with Crippen molar-refractivity contribution in [1.82, 2.24) is 0 Å². The van der Waals surface area contributed by atoms with E-state index in [1.54, 1.807) is 0 Å². The SMILES string of the molecule is CC(C)[C@@H]1CCC2=C1[C@@H]1C=CCCC3(OCCO3)[C@@H]1CC2=O. The van der Waals surface area contributed by atoms with Crippen molar-refractivity contribution in [2.24, 2.45) is 23.7 Å². The lowest BCUT2D eigenvalue weighted by molar-refractivity contribution is -0.207. The van der Waals surface area contributed by atoms with Crippen molar-refractivity contribution in [3.8, 4) is 0 Å². The van der Waals surface area contributed by atoms with Crippen LogP contribution in [0.15, 0.2) is 23.3 Å². The van der Waals surface area contributed by atoms with Gasteiger partial charge in [0, 0.05) is 24.7 Å². The van der Waals surface area contributed by atoms with Gasteiger partial charge in [0.15, 0.2) is 11.6 Å². The van der Waals surface area contributed by atoms with Crippen molar-refractivity contribution >= 4 is 5.78 Å². The van der Waals surface area contributed by atoms with E-state index in [0.717, 1.165) is 31.3 Å². The highest BCUT2D eigenvalue weighted by atomic mass is 16.7. The molecule has 3 aliphatic carbocycles. The van der Waals surface area contributed by atoms with Gasteiger partial charge in [-0.05, 0) is 36.7 Å². The Bertz CT molecular complexity index is 537. The molecule has 1 spiro atoms. The standard InChI is InChI=1S/C19H26O3/c1-12(2)13-6-7-15-17(20)11-16-14(18(13)15)5-3-4-8-19(16)21-9-10-22-19/h3,5,12-14,16H,4,6-11H2,1-2H3/t13-,14+,16+/m0/s1. The summed E-state index contributed by atoms with van der Waals surface area (Å²) in [6, 6.07) is 0. The second kappa shape index (κ2) is 5.31. The van der Waals surface area contributed by atoms with Crippen LogP contribution in [0.4, 0.5) is 0 Å². The van der Waals surface area contributed by atoms with Crippen molar-refractivity contribution in [3.63, 3.8) is 0 Å². The lowest BCUT2D eigenvalue weighted by Crippen LogP contribution is -2.46. The van der Waals surface area contributed by atoms with E-state index in [2.05, 4.69) is 26.0 Å². The number of allylic oxidation sites excluding steroid dienone is 4. The molecule has 0 aromatic heterocycles. The van der Waals surface area contributed by atoms with Crippen LogP contribution in [0.5, 0.6) is 0 Å². The maximum atomic E-state index is 12.8. The molecule has 1 aliphatic heterocycles. The molecule has 3 nitrogen and oxygen atoms in total. The molecule has 0 aromatic rings. The number of carbonyl (C=O) groups is 1. The molecule has 1 fully saturated rings. The Kier molecular flexibility index (Phi) is 3.54. The molecule has 0 unspecified atom stereocenters. The fourth-order valence-corrected chi connectivity index (χ4v) is 5.14. The molecule has 0 radical (unpaired) electrons. The van der Waals surface area contributed by atoms with Gasteiger partial charge in [0.05, 0.1) is 13.2 Å². The number of carbonyl (C=O) groups excluding carboxylic acids is 1. The first-order chi connectivity index (χ1) is 10.6. The summed E-state index contributed by atoms with van der Waals surface area (Å²) in [6.45, 7) is 5.90. The van der Waals surface area contributed by atoms with Gasteiger partial charge in [-0.15, -0.1) is 0 Å². The Morgan fingerprint density at radius 1 is 1.27 bits per heavy atom. The van der Waals surface area contributed by atoms with E-state index in [-0.39, 0.29) is 5.92 Å². The Balaban J connectivity index is 1.78. The molecule has 120 valence electrons. The van der Waals surface area contributed by atoms with Gasteiger partial charge in [0.2, 0.25) is 0 Å². The molecular weight excluding hydrogens is 276 g/mol. The van der Waals surface area contributed by atoms with E-state index in [1.807, 2.05) is 0 Å². The maximum absolute atomic E-state index is 12.8. The maximum Gasteiger partial charge on any atom is 0.172 e. The molecule has 1 heterocycles. The van der Waals surface area contributed by atoms with Crippen LogP contribution in [0.1, 0.15) is 46.0 Å². The summed E-state index contributed by atoms with van der Waals surface area (Å²) in [5, 5.41) is 0. The summed E-state index contributed by atoms with van der Waals surface area (Å²) < 4.78 is 12.2. The minimum atomic E-state index is -0.521. The van der Waals surface area contributed by atoms with Gasteiger partial charge in [-0.1, -0.05) is 31.6 Å². The van der Waals surface area contributed by atoms with Crippen molar-refractivity contribution in [3.05, 3.63) is 23.3 Å². The zero-order valence-corrected chi connectivity index (χ0v) is 13.6. The van der Waals surface area contributed by atoms with Crippen molar-refractivity contribution in [2.45, 2.75) is 51.7 Å². The van der Waals surface area contributed by atoms with E-state index in [0.29, 0.717) is 43.2 Å². The van der Waals surface area contributed by atoms with E-state index >= 15 is 0 Å². The van der Waals surface area contributed by atoms with Gasteiger partial charge < -0.3 is 9.47 Å². The van der Waals surface area contributed by atoms with Crippen molar-refractivity contribution in [2.75, 3.05) is 13.2 Å². The molecule has 0 N–H and O–H groups in total. The second-order valence-electron chi connectivity index (χ2n) is 7.56. The number of ketones is 1. The van der Waals surface area contributed by atoms with Gasteiger partial charge in [-0.2, -0.15) is 0 Å². The molecule has 0 amide bonds. The van der Waals surface area contributed by atoms with Crippen LogP contribution in [0.2, 0.25) is 0 Å². The molecule has 0 saturated carbocycles. The number of rotatable bonds is 1. The average molecular weight is 302 g/mol. The first-order valence-electron chi connectivity index (χ1n) is 8.83. The van der Waals surface area contributed by atoms with E-state index in [9.17, 15) is 4.79 Å². The molecule has 22 heavy (non-hydrogen) atoms. The number of ether oxygens (including phenoxy) is 2. The zero-order valence-electron chi connectivity index (χ0n) is 13.6. The highest BCUT2D eigenvalue weighted by Gasteiger charge is 2.53. The fourth-order valence-electron chi connectivity index (χ4n) is 5.14. The number of hydrogen-bond acceptors (Lipinski definition) is 3. The minimum absolute atomic E-state index is 0.166. The third-order valence-corrected chi connectivity index (χ3v) is 6.14. The molecule has 4 aliphatic rings. The van der Waals surface area contributed by atoms with E-state index in [4.69, 9.17) is 9.47 Å². The van der Waals surface area contributed by atoms with Crippen LogP contribution in [-0.4, -0.2) is 24.8 Å². The Hall–Kier alpha value is -0.930. The molecule has 3 atom stereocenters. The topological polar surface area (TPSA) is 35.5 Å². The monoisotopic (exact) mass is 302 g/mol. The van der Waals surface area contributed by atoms with Crippen LogP contribution < -0.4 is 0 Å². The Labute approximate surface area is 132 Å². The number of hydrogen-bond donors (Lipinski definition) is 0. The van der Waals surface area contributed by atoms with Crippen LogP contribution in [0.3, 0.4) is 0 Å². The fraction of sp³-hybridized carbons (Fsp3) is 0.737. The minimum Gasteiger partial charge on any atom is -0.347 e. The molecule has 3 heteroatoms. The Morgan fingerprint density at radius 2 is 2.05 bits per heavy atom. The predicted molar refractivity (Wildman–Crippen MR) is 84.2 cm³/mol. The molecular formula is C19H26O3. The summed E-state index contributed by atoms with van der Waals surface area (Å²) in [6.07, 6.45) is 9.21. The van der Waals surface area contributed by atoms with Gasteiger partial charge in [0.1, 0.15) is 0 Å². The molecule has 0 aromatic carbocycles. The zero-order chi connectivity index (χ0) is 15.3. The summed E-state index contributed by atoms with van der Waals surface area (Å²) in [5.74, 6) is 1.48. The van der Waals surface area contributed by atoms with Gasteiger partial charge >= 0.3 is 0 Å². The summed E-state index contributed by atoms with van der Waals surface area (Å²) in [4.78, 5) is 12.8. The first kappa shape index (κ1) is 14.6. The smallest absolute Gasteiger partial charge is 0.172 e. The van der Waals surface area contributed by atoms with Crippen LogP contribution in [-0.2, 0) is 14.3 Å². The van der Waals surface area contributed by atoms with E-state index in [1.165, 1.54) is 5.57 Å². The quantitative estimate of drug-likeness (QED) is 0.694. The predicted octanol–water partition coefficient (Wildman–Crippen LogP) is 3.65. The molecule has 4 rings (SSSR count). The van der Waals surface area contributed by atoms with Crippen LogP contribution in [0.25, 0.3) is 0 Å². The number of fused-ring (bicyclic) bond motifs is 3. The summed E-state index contributed by atoms with van der Waals surface area (Å²) in [7, 11) is 0. The summed E-state index contributed by atoms with van der Waals surface area (Å²) in [5.41, 5.74) is 2.56. The summed E-state index contributed by atoms with van der Waals surface area (Å²) >= 11 is 0. The molecule has 1 saturated heterocycles. The normalized spacial score (nSPS) is 36.9. The number of Topliss-reactive ketones (excluding diaryl/α,β-unsaturated/α-hetero) is 1.